The van der Waals surface area contributed by atoms with E-state index in [1.807, 2.05) is 4.57 Å². The van der Waals surface area contributed by atoms with Gasteiger partial charge in [0, 0.05) is 58.1 Å². The standard InChI is InChI=1S/C16H25N3O2/c1-13(2)12-18-8-6-17(7-9-18)10-11-19-5-4-15(20)16(21)14(19)3/h4-5,21H,1,6-12H2,2-3H3. The number of rotatable bonds is 5. The predicted octanol–water partition coefficient (Wildman–Crippen LogP) is 1.06. The Bertz CT molecular complexity index is 557. The first kappa shape index (κ1) is 15.8. The summed E-state index contributed by atoms with van der Waals surface area (Å²) in [5, 5.41) is 9.68. The number of nitrogens with zero attached hydrogens (tertiary/aromatic N) is 3. The predicted molar refractivity (Wildman–Crippen MR) is 84.8 cm³/mol. The van der Waals surface area contributed by atoms with Gasteiger partial charge in [-0.15, -0.1) is 0 Å². The maximum absolute atomic E-state index is 11.3. The van der Waals surface area contributed by atoms with Crippen LogP contribution in [0.15, 0.2) is 29.2 Å². The zero-order valence-corrected chi connectivity index (χ0v) is 13.0. The van der Waals surface area contributed by atoms with E-state index in [1.54, 1.807) is 13.1 Å². The SMILES string of the molecule is C=C(C)CN1CCN(CCn2ccc(=O)c(O)c2C)CC1. The van der Waals surface area contributed by atoms with Crippen LogP contribution in [0.1, 0.15) is 12.6 Å². The zero-order chi connectivity index (χ0) is 15.4. The number of hydrogen-bond donors (Lipinski definition) is 1. The summed E-state index contributed by atoms with van der Waals surface area (Å²) in [5.74, 6) is -0.135. The average molecular weight is 291 g/mol. The first-order valence-corrected chi connectivity index (χ1v) is 7.45. The minimum Gasteiger partial charge on any atom is -0.503 e. The van der Waals surface area contributed by atoms with Gasteiger partial charge in [-0.3, -0.25) is 14.6 Å². The van der Waals surface area contributed by atoms with Crippen molar-refractivity contribution in [1.29, 1.82) is 0 Å². The third-order valence-corrected chi connectivity index (χ3v) is 4.03. The number of aromatic nitrogens is 1. The average Bonchev–Trinajstić information content (AvgIpc) is 2.45. The van der Waals surface area contributed by atoms with Crippen molar-refractivity contribution >= 4 is 0 Å². The molecule has 2 heterocycles. The molecule has 21 heavy (non-hydrogen) atoms. The van der Waals surface area contributed by atoms with Gasteiger partial charge in [-0.2, -0.15) is 0 Å². The summed E-state index contributed by atoms with van der Waals surface area (Å²) >= 11 is 0. The number of hydrogen-bond acceptors (Lipinski definition) is 4. The first-order chi connectivity index (χ1) is 9.97. The molecule has 2 rings (SSSR count). The first-order valence-electron chi connectivity index (χ1n) is 7.45. The molecule has 0 saturated carbocycles. The Morgan fingerprint density at radius 3 is 2.48 bits per heavy atom. The highest BCUT2D eigenvalue weighted by Crippen LogP contribution is 2.10. The lowest BCUT2D eigenvalue weighted by Crippen LogP contribution is -2.47. The molecule has 1 aromatic rings. The molecule has 0 radical (unpaired) electrons. The fraction of sp³-hybridized carbons (Fsp3) is 0.562. The molecule has 1 fully saturated rings. The summed E-state index contributed by atoms with van der Waals surface area (Å²) in [5.41, 5.74) is 1.54. The quantitative estimate of drug-likeness (QED) is 0.824. The fourth-order valence-electron chi connectivity index (χ4n) is 2.71. The van der Waals surface area contributed by atoms with E-state index in [0.29, 0.717) is 5.69 Å². The highest BCUT2D eigenvalue weighted by molar-refractivity contribution is 5.25. The summed E-state index contributed by atoms with van der Waals surface area (Å²) in [7, 11) is 0. The molecule has 1 aliphatic rings. The third-order valence-electron chi connectivity index (χ3n) is 4.03. The van der Waals surface area contributed by atoms with Crippen LogP contribution in [0.3, 0.4) is 0 Å². The Balaban J connectivity index is 1.84. The second-order valence-corrected chi connectivity index (χ2v) is 5.88. The van der Waals surface area contributed by atoms with E-state index in [9.17, 15) is 9.90 Å². The van der Waals surface area contributed by atoms with Gasteiger partial charge in [-0.05, 0) is 13.8 Å². The van der Waals surface area contributed by atoms with Crippen LogP contribution in [0.4, 0.5) is 0 Å². The highest BCUT2D eigenvalue weighted by atomic mass is 16.3. The molecule has 0 aliphatic carbocycles. The van der Waals surface area contributed by atoms with Crippen molar-refractivity contribution in [3.8, 4) is 5.75 Å². The van der Waals surface area contributed by atoms with Crippen molar-refractivity contribution in [3.05, 3.63) is 40.3 Å². The lowest BCUT2D eigenvalue weighted by molar-refractivity contribution is 0.136. The molecular weight excluding hydrogens is 266 g/mol. The molecule has 1 aromatic heterocycles. The maximum Gasteiger partial charge on any atom is 0.223 e. The number of piperazine rings is 1. The Kier molecular flexibility index (Phi) is 5.20. The zero-order valence-electron chi connectivity index (χ0n) is 13.0. The van der Waals surface area contributed by atoms with Gasteiger partial charge in [-0.1, -0.05) is 12.2 Å². The topological polar surface area (TPSA) is 48.7 Å². The molecule has 1 aliphatic heterocycles. The normalized spacial score (nSPS) is 17.0. The van der Waals surface area contributed by atoms with Gasteiger partial charge in [0.1, 0.15) is 0 Å². The van der Waals surface area contributed by atoms with E-state index >= 15 is 0 Å². The smallest absolute Gasteiger partial charge is 0.223 e. The largest absolute Gasteiger partial charge is 0.503 e. The van der Waals surface area contributed by atoms with Crippen molar-refractivity contribution < 1.29 is 5.11 Å². The lowest BCUT2D eigenvalue weighted by Gasteiger charge is -2.35. The van der Waals surface area contributed by atoms with Gasteiger partial charge in [0.2, 0.25) is 5.43 Å². The van der Waals surface area contributed by atoms with Crippen LogP contribution in [0.25, 0.3) is 0 Å². The minimum absolute atomic E-state index is 0.135. The van der Waals surface area contributed by atoms with E-state index in [1.165, 1.54) is 11.6 Å². The van der Waals surface area contributed by atoms with Crippen molar-refractivity contribution in [2.24, 2.45) is 0 Å². The fourth-order valence-corrected chi connectivity index (χ4v) is 2.71. The van der Waals surface area contributed by atoms with Crippen LogP contribution in [0.2, 0.25) is 0 Å². The van der Waals surface area contributed by atoms with Gasteiger partial charge in [0.05, 0.1) is 5.69 Å². The Hall–Kier alpha value is -1.59. The van der Waals surface area contributed by atoms with Crippen molar-refractivity contribution in [3.63, 3.8) is 0 Å². The third kappa shape index (κ3) is 4.19. The molecule has 0 aromatic carbocycles. The maximum atomic E-state index is 11.3. The van der Waals surface area contributed by atoms with E-state index in [2.05, 4.69) is 23.3 Å². The van der Waals surface area contributed by atoms with Gasteiger partial charge in [-0.25, -0.2) is 0 Å². The molecule has 0 bridgehead atoms. The summed E-state index contributed by atoms with van der Waals surface area (Å²) in [4.78, 5) is 16.2. The second kappa shape index (κ2) is 6.91. The van der Waals surface area contributed by atoms with Crippen molar-refractivity contribution in [2.75, 3.05) is 39.3 Å². The van der Waals surface area contributed by atoms with E-state index in [4.69, 9.17) is 0 Å². The summed E-state index contributed by atoms with van der Waals surface area (Å²) < 4.78 is 1.94. The van der Waals surface area contributed by atoms with Crippen LogP contribution >= 0.6 is 0 Å². The molecule has 0 atom stereocenters. The van der Waals surface area contributed by atoms with Crippen LogP contribution in [0.5, 0.6) is 5.75 Å². The van der Waals surface area contributed by atoms with Crippen molar-refractivity contribution in [2.45, 2.75) is 20.4 Å². The molecule has 0 unspecified atom stereocenters. The van der Waals surface area contributed by atoms with Crippen LogP contribution in [-0.2, 0) is 6.54 Å². The van der Waals surface area contributed by atoms with Crippen molar-refractivity contribution in [1.82, 2.24) is 14.4 Å². The van der Waals surface area contributed by atoms with Crippen LogP contribution in [0, 0.1) is 6.92 Å². The van der Waals surface area contributed by atoms with E-state index in [0.717, 1.165) is 45.8 Å². The molecule has 5 nitrogen and oxygen atoms in total. The number of pyridine rings is 1. The lowest BCUT2D eigenvalue weighted by atomic mass is 10.2. The molecule has 0 amide bonds. The van der Waals surface area contributed by atoms with E-state index in [-0.39, 0.29) is 11.2 Å². The van der Waals surface area contributed by atoms with Crippen LogP contribution < -0.4 is 5.43 Å². The summed E-state index contributed by atoms with van der Waals surface area (Å²) in [6.07, 6.45) is 1.76. The monoisotopic (exact) mass is 291 g/mol. The molecule has 1 saturated heterocycles. The molecule has 1 N–H and O–H groups in total. The Labute approximate surface area is 126 Å². The summed E-state index contributed by atoms with van der Waals surface area (Å²) in [6, 6.07) is 1.42. The molecular formula is C16H25N3O2. The van der Waals surface area contributed by atoms with Gasteiger partial charge in [0.25, 0.3) is 0 Å². The summed E-state index contributed by atoms with van der Waals surface area (Å²) in [6.45, 7) is 14.8. The molecule has 116 valence electrons. The number of aromatic hydroxyl groups is 1. The minimum atomic E-state index is -0.308. The molecule has 5 heteroatoms. The van der Waals surface area contributed by atoms with Crippen LogP contribution in [-0.4, -0.2) is 58.7 Å². The Morgan fingerprint density at radius 1 is 1.24 bits per heavy atom. The highest BCUT2D eigenvalue weighted by Gasteiger charge is 2.16. The Morgan fingerprint density at radius 2 is 1.86 bits per heavy atom. The molecule has 0 spiro atoms. The van der Waals surface area contributed by atoms with Gasteiger partial charge in [0.15, 0.2) is 5.75 Å². The van der Waals surface area contributed by atoms with Gasteiger partial charge >= 0.3 is 0 Å². The second-order valence-electron chi connectivity index (χ2n) is 5.88. The van der Waals surface area contributed by atoms with Gasteiger partial charge < -0.3 is 9.67 Å². The van der Waals surface area contributed by atoms with E-state index < -0.39 is 0 Å².